The van der Waals surface area contributed by atoms with Gasteiger partial charge < -0.3 is 19.5 Å². The summed E-state index contributed by atoms with van der Waals surface area (Å²) < 4.78 is 35.1. The SMILES string of the molecule is C1CCOC1.C1CCSC1.C1COCO1.CC.O=S1(=O)CCNC1. The molecule has 4 aliphatic heterocycles. The average Bonchev–Trinajstić information content (AvgIpc) is 3.40. The van der Waals surface area contributed by atoms with Gasteiger partial charge in [0.05, 0.1) is 24.8 Å². The second-order valence-corrected chi connectivity index (χ2v) is 8.57. The van der Waals surface area contributed by atoms with Gasteiger partial charge in [0.2, 0.25) is 0 Å². The molecule has 0 atom stereocenters. The van der Waals surface area contributed by atoms with E-state index in [4.69, 9.17) is 14.2 Å². The fourth-order valence-electron chi connectivity index (χ4n) is 1.84. The van der Waals surface area contributed by atoms with Crippen LogP contribution in [-0.4, -0.2) is 71.3 Å². The van der Waals surface area contributed by atoms with Crippen molar-refractivity contribution >= 4 is 21.6 Å². The molecule has 0 unspecified atom stereocenters. The van der Waals surface area contributed by atoms with E-state index in [1.807, 2.05) is 13.8 Å². The first-order valence-corrected chi connectivity index (χ1v) is 11.9. The van der Waals surface area contributed by atoms with E-state index in [1.165, 1.54) is 37.2 Å². The third kappa shape index (κ3) is 17.0. The van der Waals surface area contributed by atoms with Gasteiger partial charge in [0.1, 0.15) is 6.79 Å². The van der Waals surface area contributed by atoms with E-state index in [1.54, 1.807) is 0 Å². The maximum Gasteiger partial charge on any atom is 0.164 e. The van der Waals surface area contributed by atoms with Gasteiger partial charge in [-0.2, -0.15) is 11.8 Å². The lowest BCUT2D eigenvalue weighted by molar-refractivity contribution is 0.0692. The summed E-state index contributed by atoms with van der Waals surface area (Å²) >= 11 is 2.07. The molecule has 8 heteroatoms. The molecule has 0 saturated carbocycles. The Bertz CT molecular complexity index is 282. The number of thioether (sulfide) groups is 1. The van der Waals surface area contributed by atoms with Gasteiger partial charge in [-0.1, -0.05) is 13.8 Å². The monoisotopic (exact) mass is 385 g/mol. The molecular weight excluding hydrogens is 350 g/mol. The van der Waals surface area contributed by atoms with Crippen LogP contribution in [0.5, 0.6) is 0 Å². The van der Waals surface area contributed by atoms with Gasteiger partial charge in [-0.15, -0.1) is 0 Å². The van der Waals surface area contributed by atoms with Crippen molar-refractivity contribution in [3.05, 3.63) is 0 Å². The standard InChI is InChI=1S/C4H8O.C4H8S.C3H7NO2S.C3H6O2.C2H6/c2*1-2-4-5-3-1;5-7(6)2-1-4-3-7;1-2-5-3-4-1;1-2/h2*1-4H2;4H,1-3H2;1-3H2;1-2H3. The van der Waals surface area contributed by atoms with Crippen LogP contribution in [0.1, 0.15) is 39.5 Å². The number of sulfone groups is 1. The molecule has 24 heavy (non-hydrogen) atoms. The molecule has 1 N–H and O–H groups in total. The van der Waals surface area contributed by atoms with Crippen LogP contribution < -0.4 is 5.32 Å². The second kappa shape index (κ2) is 17.9. The van der Waals surface area contributed by atoms with E-state index in [2.05, 4.69) is 17.1 Å². The molecule has 6 nitrogen and oxygen atoms in total. The highest BCUT2D eigenvalue weighted by atomic mass is 32.2. The Morgan fingerprint density at radius 2 is 1.42 bits per heavy atom. The quantitative estimate of drug-likeness (QED) is 0.686. The zero-order valence-electron chi connectivity index (χ0n) is 15.3. The second-order valence-electron chi connectivity index (χ2n) is 5.17. The van der Waals surface area contributed by atoms with Crippen molar-refractivity contribution in [2.45, 2.75) is 39.5 Å². The van der Waals surface area contributed by atoms with Crippen LogP contribution in [-0.2, 0) is 24.0 Å². The fraction of sp³-hybridized carbons (Fsp3) is 1.00. The normalized spacial score (nSPS) is 23.4. The summed E-state index contributed by atoms with van der Waals surface area (Å²) in [5.74, 6) is 3.32. The lowest BCUT2D eigenvalue weighted by atomic mass is 10.4. The molecule has 4 aliphatic rings. The van der Waals surface area contributed by atoms with Gasteiger partial charge in [0.25, 0.3) is 0 Å². The minimum atomic E-state index is -2.66. The van der Waals surface area contributed by atoms with Crippen LogP contribution in [0.4, 0.5) is 0 Å². The molecule has 0 aromatic heterocycles. The number of ether oxygens (including phenoxy) is 3. The number of hydrogen-bond acceptors (Lipinski definition) is 7. The minimum absolute atomic E-state index is 0.174. The molecule has 0 aromatic rings. The lowest BCUT2D eigenvalue weighted by Crippen LogP contribution is -2.07. The third-order valence-corrected chi connectivity index (χ3v) is 5.73. The number of rotatable bonds is 0. The molecular formula is C16H35NO5S2. The summed E-state index contributed by atoms with van der Waals surface area (Å²) in [6, 6.07) is 0. The first kappa shape index (κ1) is 24.1. The van der Waals surface area contributed by atoms with Crippen molar-refractivity contribution < 1.29 is 22.6 Å². The van der Waals surface area contributed by atoms with Gasteiger partial charge in [0.15, 0.2) is 9.84 Å². The van der Waals surface area contributed by atoms with E-state index in [9.17, 15) is 8.42 Å². The molecule has 0 aliphatic carbocycles. The summed E-state index contributed by atoms with van der Waals surface area (Å²) in [7, 11) is -2.66. The molecule has 4 fully saturated rings. The topological polar surface area (TPSA) is 73.9 Å². The molecule has 0 aromatic carbocycles. The van der Waals surface area contributed by atoms with Crippen LogP contribution in [0.15, 0.2) is 0 Å². The van der Waals surface area contributed by atoms with Crippen LogP contribution in [0.25, 0.3) is 0 Å². The highest BCUT2D eigenvalue weighted by Crippen LogP contribution is 2.14. The highest BCUT2D eigenvalue weighted by molar-refractivity contribution is 7.99. The molecule has 4 saturated heterocycles. The van der Waals surface area contributed by atoms with Gasteiger partial charge in [0, 0.05) is 19.8 Å². The molecule has 0 radical (unpaired) electrons. The summed E-state index contributed by atoms with van der Waals surface area (Å²) in [5, 5.41) is 2.72. The number of nitrogens with one attached hydrogen (secondary N) is 1. The minimum Gasteiger partial charge on any atom is -0.381 e. The first-order valence-electron chi connectivity index (χ1n) is 8.93. The van der Waals surface area contributed by atoms with Crippen LogP contribution in [0.3, 0.4) is 0 Å². The Morgan fingerprint density at radius 1 is 0.833 bits per heavy atom. The van der Waals surface area contributed by atoms with Crippen molar-refractivity contribution in [1.82, 2.24) is 5.32 Å². The van der Waals surface area contributed by atoms with E-state index in [0.29, 0.717) is 19.1 Å². The zero-order valence-corrected chi connectivity index (χ0v) is 16.9. The van der Waals surface area contributed by atoms with E-state index in [0.717, 1.165) is 26.4 Å². The molecule has 146 valence electrons. The number of hydrogen-bond donors (Lipinski definition) is 1. The smallest absolute Gasteiger partial charge is 0.164 e. The van der Waals surface area contributed by atoms with Crippen LogP contribution in [0.2, 0.25) is 0 Å². The summed E-state index contributed by atoms with van der Waals surface area (Å²) in [5.41, 5.74) is 0. The van der Waals surface area contributed by atoms with Gasteiger partial charge in [-0.05, 0) is 37.2 Å². The Hall–Kier alpha value is 0.140. The third-order valence-electron chi connectivity index (χ3n) is 3.11. The largest absolute Gasteiger partial charge is 0.381 e. The molecule has 0 spiro atoms. The Labute approximate surface area is 152 Å². The van der Waals surface area contributed by atoms with Crippen LogP contribution in [0, 0.1) is 0 Å². The molecule has 4 heterocycles. The van der Waals surface area contributed by atoms with E-state index >= 15 is 0 Å². The average molecular weight is 386 g/mol. The highest BCUT2D eigenvalue weighted by Gasteiger charge is 2.15. The van der Waals surface area contributed by atoms with Crippen molar-refractivity contribution in [2.75, 3.05) is 62.9 Å². The maximum atomic E-state index is 10.4. The van der Waals surface area contributed by atoms with Gasteiger partial charge in [-0.25, -0.2) is 8.42 Å². The summed E-state index contributed by atoms with van der Waals surface area (Å²) in [6.45, 7) is 8.68. The van der Waals surface area contributed by atoms with Crippen molar-refractivity contribution in [3.8, 4) is 0 Å². The fourth-order valence-corrected chi connectivity index (χ4v) is 3.92. The van der Waals surface area contributed by atoms with Crippen molar-refractivity contribution in [3.63, 3.8) is 0 Å². The van der Waals surface area contributed by atoms with E-state index < -0.39 is 9.84 Å². The predicted molar refractivity (Wildman–Crippen MR) is 101 cm³/mol. The van der Waals surface area contributed by atoms with E-state index in [-0.39, 0.29) is 5.88 Å². The van der Waals surface area contributed by atoms with Crippen molar-refractivity contribution in [1.29, 1.82) is 0 Å². The van der Waals surface area contributed by atoms with Gasteiger partial charge >= 0.3 is 0 Å². The summed E-state index contributed by atoms with van der Waals surface area (Å²) in [6.07, 6.45) is 5.48. The molecule has 0 amide bonds. The predicted octanol–water partition coefficient (Wildman–Crippen LogP) is 2.29. The maximum absolute atomic E-state index is 10.4. The van der Waals surface area contributed by atoms with Crippen LogP contribution >= 0.6 is 11.8 Å². The van der Waals surface area contributed by atoms with Gasteiger partial charge in [-0.3, -0.25) is 0 Å². The molecule has 4 rings (SSSR count). The Morgan fingerprint density at radius 3 is 1.58 bits per heavy atom. The Kier molecular flexibility index (Phi) is 18.1. The lowest BCUT2D eigenvalue weighted by Gasteiger charge is -1.81. The zero-order chi connectivity index (χ0) is 17.9. The van der Waals surface area contributed by atoms with Crippen molar-refractivity contribution in [2.24, 2.45) is 0 Å². The summed E-state index contributed by atoms with van der Waals surface area (Å²) in [4.78, 5) is 0. The Balaban J connectivity index is 0.000000287. The molecule has 0 bridgehead atoms. The first-order chi connectivity index (χ1) is 11.7.